The van der Waals surface area contributed by atoms with Gasteiger partial charge in [0.15, 0.2) is 6.29 Å². The number of benzene rings is 1. The molecule has 0 aliphatic heterocycles. The second kappa shape index (κ2) is 10.2. The Morgan fingerprint density at radius 3 is 1.52 bits per heavy atom. The number of ether oxygens (including phenoxy) is 3. The third-order valence-corrected chi connectivity index (χ3v) is 6.00. The van der Waals surface area contributed by atoms with Crippen LogP contribution in [0.4, 0.5) is 0 Å². The van der Waals surface area contributed by atoms with Crippen LogP contribution in [-0.2, 0) is 14.2 Å². The molecule has 1 aromatic carbocycles. The smallest absolute Gasteiger partial charge is 0.338 e. The van der Waals surface area contributed by atoms with Crippen LogP contribution in [0.1, 0.15) is 72.1 Å². The molecule has 0 aromatic heterocycles. The molecule has 2 fully saturated rings. The van der Waals surface area contributed by atoms with Gasteiger partial charge in [-0.3, -0.25) is 0 Å². The average molecular weight is 406 g/mol. The van der Waals surface area contributed by atoms with E-state index < -0.39 is 12.3 Å². The molecule has 7 heteroatoms. The number of hydrogen-bond donors (Lipinski definition) is 2. The second-order valence-corrected chi connectivity index (χ2v) is 7.97. The number of aliphatic hydroxyl groups is 2. The van der Waals surface area contributed by atoms with Crippen molar-refractivity contribution >= 4 is 11.9 Å². The molecule has 0 amide bonds. The Labute approximate surface area is 171 Å². The van der Waals surface area contributed by atoms with Crippen LogP contribution in [0.25, 0.3) is 0 Å². The molecule has 0 saturated heterocycles. The SMILES string of the molecule is COC1CCC(OC(=O)c2ccc(C(=O)OC3CCC(C(O)O)CC3)cc2)CC1. The van der Waals surface area contributed by atoms with Gasteiger partial charge in [-0.2, -0.15) is 0 Å². The summed E-state index contributed by atoms with van der Waals surface area (Å²) in [6, 6.07) is 6.31. The Morgan fingerprint density at radius 1 is 0.759 bits per heavy atom. The number of methoxy groups -OCH3 is 1. The lowest BCUT2D eigenvalue weighted by Crippen LogP contribution is -2.30. The first kappa shape index (κ1) is 21.7. The fourth-order valence-electron chi connectivity index (χ4n) is 4.07. The van der Waals surface area contributed by atoms with Crippen molar-refractivity contribution in [2.75, 3.05) is 7.11 Å². The fourth-order valence-corrected chi connectivity index (χ4v) is 4.07. The molecule has 3 rings (SSSR count). The Kier molecular flexibility index (Phi) is 7.64. The van der Waals surface area contributed by atoms with E-state index in [0.29, 0.717) is 36.8 Å². The fraction of sp³-hybridized carbons (Fsp3) is 0.636. The molecule has 0 radical (unpaired) electrons. The van der Waals surface area contributed by atoms with Gasteiger partial charge in [0, 0.05) is 13.0 Å². The van der Waals surface area contributed by atoms with Crippen molar-refractivity contribution in [1.29, 1.82) is 0 Å². The van der Waals surface area contributed by atoms with E-state index in [9.17, 15) is 19.8 Å². The summed E-state index contributed by atoms with van der Waals surface area (Å²) in [4.78, 5) is 24.7. The topological polar surface area (TPSA) is 102 Å². The van der Waals surface area contributed by atoms with Crippen LogP contribution in [0.5, 0.6) is 0 Å². The molecule has 160 valence electrons. The van der Waals surface area contributed by atoms with E-state index in [1.165, 1.54) is 0 Å². The lowest BCUT2D eigenvalue weighted by Gasteiger charge is -2.29. The van der Waals surface area contributed by atoms with E-state index in [-0.39, 0.29) is 30.2 Å². The van der Waals surface area contributed by atoms with Gasteiger partial charge in [-0.15, -0.1) is 0 Å². The average Bonchev–Trinajstić information content (AvgIpc) is 2.74. The monoisotopic (exact) mass is 406 g/mol. The van der Waals surface area contributed by atoms with Crippen LogP contribution in [0.2, 0.25) is 0 Å². The molecular formula is C22H30O7. The Balaban J connectivity index is 1.47. The molecule has 0 heterocycles. The minimum absolute atomic E-state index is 0.0916. The summed E-state index contributed by atoms with van der Waals surface area (Å²) in [7, 11) is 1.70. The predicted octanol–water partition coefficient (Wildman–Crippen LogP) is 2.83. The minimum Gasteiger partial charge on any atom is -0.459 e. The summed E-state index contributed by atoms with van der Waals surface area (Å²) in [6.07, 6.45) is 4.46. The van der Waals surface area contributed by atoms with Crippen LogP contribution < -0.4 is 0 Å². The Hall–Kier alpha value is -1.96. The first-order valence-electron chi connectivity index (χ1n) is 10.4. The molecule has 1 aromatic rings. The number of rotatable bonds is 6. The molecule has 2 N–H and O–H groups in total. The van der Waals surface area contributed by atoms with Crippen molar-refractivity contribution in [3.8, 4) is 0 Å². The Bertz CT molecular complexity index is 669. The van der Waals surface area contributed by atoms with Gasteiger partial charge < -0.3 is 24.4 Å². The van der Waals surface area contributed by atoms with Crippen LogP contribution in [0.15, 0.2) is 24.3 Å². The van der Waals surface area contributed by atoms with Crippen molar-refractivity contribution in [1.82, 2.24) is 0 Å². The number of carbonyl (C=O) groups excluding carboxylic acids is 2. The van der Waals surface area contributed by atoms with E-state index in [4.69, 9.17) is 14.2 Å². The summed E-state index contributed by atoms with van der Waals surface area (Å²) in [5, 5.41) is 18.5. The minimum atomic E-state index is -1.31. The summed E-state index contributed by atoms with van der Waals surface area (Å²) >= 11 is 0. The highest BCUT2D eigenvalue weighted by Gasteiger charge is 2.28. The first-order chi connectivity index (χ1) is 14.0. The molecule has 7 nitrogen and oxygen atoms in total. The number of carbonyl (C=O) groups is 2. The number of aliphatic hydroxyl groups excluding tert-OH is 1. The third-order valence-electron chi connectivity index (χ3n) is 6.00. The predicted molar refractivity (Wildman–Crippen MR) is 104 cm³/mol. The molecule has 0 spiro atoms. The quantitative estimate of drug-likeness (QED) is 0.553. The van der Waals surface area contributed by atoms with Crippen molar-refractivity contribution in [3.63, 3.8) is 0 Å². The lowest BCUT2D eigenvalue weighted by atomic mass is 9.87. The van der Waals surface area contributed by atoms with Gasteiger partial charge in [0.1, 0.15) is 12.2 Å². The third kappa shape index (κ3) is 6.01. The summed E-state index contributed by atoms with van der Waals surface area (Å²) < 4.78 is 16.4. The molecule has 2 saturated carbocycles. The number of hydrogen-bond acceptors (Lipinski definition) is 7. The van der Waals surface area contributed by atoms with Crippen LogP contribution in [0.3, 0.4) is 0 Å². The largest absolute Gasteiger partial charge is 0.459 e. The van der Waals surface area contributed by atoms with Crippen molar-refractivity contribution in [2.45, 2.75) is 76.0 Å². The second-order valence-electron chi connectivity index (χ2n) is 7.97. The van der Waals surface area contributed by atoms with Crippen molar-refractivity contribution in [2.24, 2.45) is 5.92 Å². The maximum atomic E-state index is 12.3. The molecule has 0 unspecified atom stereocenters. The highest BCUT2D eigenvalue weighted by molar-refractivity contribution is 5.93. The van der Waals surface area contributed by atoms with Crippen LogP contribution >= 0.6 is 0 Å². The van der Waals surface area contributed by atoms with Gasteiger partial charge in [-0.25, -0.2) is 9.59 Å². The van der Waals surface area contributed by atoms with E-state index in [1.54, 1.807) is 31.4 Å². The van der Waals surface area contributed by atoms with Crippen molar-refractivity contribution in [3.05, 3.63) is 35.4 Å². The molecule has 0 bridgehead atoms. The maximum Gasteiger partial charge on any atom is 0.338 e. The zero-order chi connectivity index (χ0) is 20.8. The Morgan fingerprint density at radius 2 is 1.14 bits per heavy atom. The van der Waals surface area contributed by atoms with Crippen LogP contribution in [0, 0.1) is 5.92 Å². The van der Waals surface area contributed by atoms with Gasteiger partial charge in [0.05, 0.1) is 17.2 Å². The zero-order valence-corrected chi connectivity index (χ0v) is 16.8. The van der Waals surface area contributed by atoms with Gasteiger partial charge in [0.25, 0.3) is 0 Å². The highest BCUT2D eigenvalue weighted by Crippen LogP contribution is 2.28. The molecule has 2 aliphatic carbocycles. The highest BCUT2D eigenvalue weighted by atomic mass is 16.5. The summed E-state index contributed by atoms with van der Waals surface area (Å²) in [6.45, 7) is 0. The van der Waals surface area contributed by atoms with Crippen molar-refractivity contribution < 1.29 is 34.0 Å². The van der Waals surface area contributed by atoms with Gasteiger partial charge in [0.2, 0.25) is 0 Å². The molecule has 0 atom stereocenters. The maximum absolute atomic E-state index is 12.3. The van der Waals surface area contributed by atoms with E-state index in [0.717, 1.165) is 25.7 Å². The summed E-state index contributed by atoms with van der Waals surface area (Å²) in [5.74, 6) is -0.970. The van der Waals surface area contributed by atoms with Gasteiger partial charge in [-0.1, -0.05) is 0 Å². The first-order valence-corrected chi connectivity index (χ1v) is 10.4. The van der Waals surface area contributed by atoms with E-state index in [1.807, 2.05) is 0 Å². The van der Waals surface area contributed by atoms with E-state index in [2.05, 4.69) is 0 Å². The number of esters is 2. The standard InChI is InChI=1S/C22H30O7/c1-27-17-10-12-19(13-11-17)29-22(26)16-4-2-15(3-5-16)21(25)28-18-8-6-14(7-9-18)20(23)24/h2-5,14,17-20,23-24H,6-13H2,1H3. The van der Waals surface area contributed by atoms with Crippen LogP contribution in [-0.4, -0.2) is 53.9 Å². The zero-order valence-electron chi connectivity index (χ0n) is 16.8. The lowest BCUT2D eigenvalue weighted by molar-refractivity contribution is -0.101. The van der Waals surface area contributed by atoms with Gasteiger partial charge >= 0.3 is 11.9 Å². The molecule has 2 aliphatic rings. The normalized spacial score (nSPS) is 27.4. The van der Waals surface area contributed by atoms with E-state index >= 15 is 0 Å². The van der Waals surface area contributed by atoms with Gasteiger partial charge in [-0.05, 0) is 75.6 Å². The molecule has 29 heavy (non-hydrogen) atoms. The summed E-state index contributed by atoms with van der Waals surface area (Å²) in [5.41, 5.74) is 0.791. The molecular weight excluding hydrogens is 376 g/mol.